The fourth-order valence-corrected chi connectivity index (χ4v) is 11.3. The lowest BCUT2D eigenvalue weighted by atomic mass is 9.85. The molecule has 0 aliphatic heterocycles. The average molecular weight is 1130 g/mol. The lowest BCUT2D eigenvalue weighted by molar-refractivity contribution is -0.373. The van der Waals surface area contributed by atoms with E-state index in [-0.39, 0.29) is 12.8 Å². The molecule has 1 fully saturated rings. The third-order valence-corrected chi connectivity index (χ3v) is 15.1. The first-order valence-corrected chi connectivity index (χ1v) is 32.8. The second kappa shape index (κ2) is 40.5. The van der Waals surface area contributed by atoms with Crippen molar-refractivity contribution in [2.24, 2.45) is 0 Å². The van der Waals surface area contributed by atoms with Crippen LogP contribution >= 0.6 is 31.3 Å². The van der Waals surface area contributed by atoms with Crippen LogP contribution in [0.4, 0.5) is 0 Å². The number of hydrogen-bond donors (Lipinski definition) is 2. The maximum absolute atomic E-state index is 13.1. The number of carbonyl (C=O) groups excluding carboxylic acids is 2. The Morgan fingerprint density at radius 3 is 1.00 bits per heavy atom. The van der Waals surface area contributed by atoms with Crippen molar-refractivity contribution in [3.63, 3.8) is 0 Å². The molecule has 0 amide bonds. The number of hydrogen-bond acceptors (Lipinski definition) is 22. The number of unbranched alkanes of at least 4 members (excludes halogenated alkanes) is 30. The number of carbonyl (C=O) groups is 2. The number of ether oxygens (including phenoxy) is 2. The second-order valence-electron chi connectivity index (χ2n) is 19.2. The number of aliphatic hydroxyl groups is 2. The fraction of sp³-hybridized carbons (Fsp3) is 0.957. The van der Waals surface area contributed by atoms with E-state index in [4.69, 9.17) is 14.0 Å². The highest BCUT2D eigenvalue weighted by atomic mass is 31.2. The predicted molar refractivity (Wildman–Crippen MR) is 257 cm³/mol. The van der Waals surface area contributed by atoms with Gasteiger partial charge < -0.3 is 90.3 Å². The van der Waals surface area contributed by atoms with Gasteiger partial charge in [0, 0.05) is 12.8 Å². The van der Waals surface area contributed by atoms with Crippen molar-refractivity contribution >= 4 is 43.2 Å². The maximum atomic E-state index is 13.1. The van der Waals surface area contributed by atoms with Crippen molar-refractivity contribution in [3.8, 4) is 0 Å². The van der Waals surface area contributed by atoms with Gasteiger partial charge in [0.25, 0.3) is 7.82 Å². The third-order valence-electron chi connectivity index (χ3n) is 12.6. The zero-order valence-electron chi connectivity index (χ0n) is 43.3. The molecule has 26 heteroatoms. The van der Waals surface area contributed by atoms with Crippen LogP contribution in [0.15, 0.2) is 0 Å². The highest BCUT2D eigenvalue weighted by Gasteiger charge is 2.55. The van der Waals surface area contributed by atoms with Crippen molar-refractivity contribution < 1.29 is 104 Å². The van der Waals surface area contributed by atoms with E-state index < -0.39 is 99.2 Å². The Bertz CT molecular complexity index is 1590. The summed E-state index contributed by atoms with van der Waals surface area (Å²) < 4.78 is 79.8. The number of esters is 2. The molecule has 1 saturated carbocycles. The molecule has 6 unspecified atom stereocenters. The molecule has 0 saturated heterocycles. The second-order valence-corrected chi connectivity index (χ2v) is 23.9. The van der Waals surface area contributed by atoms with Gasteiger partial charge in [-0.05, 0) is 12.8 Å². The molecule has 0 aromatic heterocycles. The fourth-order valence-electron chi connectivity index (χ4n) is 8.70. The molecule has 22 nitrogen and oxygen atoms in total. The van der Waals surface area contributed by atoms with Gasteiger partial charge in [-0.25, -0.2) is 0 Å². The summed E-state index contributed by atoms with van der Waals surface area (Å²) in [5.74, 6) is -1.48. The maximum Gasteiger partial charge on any atom is 0.306 e. The summed E-state index contributed by atoms with van der Waals surface area (Å²) in [4.78, 5) is 108. The summed E-state index contributed by atoms with van der Waals surface area (Å²) >= 11 is 0. The van der Waals surface area contributed by atoms with Crippen LogP contribution in [-0.4, -0.2) is 78.1 Å². The van der Waals surface area contributed by atoms with Gasteiger partial charge >= 0.3 is 11.9 Å². The van der Waals surface area contributed by atoms with Crippen LogP contribution in [0, 0.1) is 0 Å². The molecule has 0 aromatic rings. The lowest BCUT2D eigenvalue weighted by Crippen LogP contribution is -2.66. The Labute approximate surface area is 434 Å². The van der Waals surface area contributed by atoms with E-state index in [9.17, 15) is 72.3 Å². The van der Waals surface area contributed by atoms with Crippen LogP contribution in [0.5, 0.6) is 0 Å². The minimum atomic E-state index is -6.38. The van der Waals surface area contributed by atoms with E-state index >= 15 is 0 Å². The zero-order valence-corrected chi connectivity index (χ0v) is 46.9. The Balaban J connectivity index is 2.81. The topological polar surface area (TPSA) is 369 Å². The quantitative estimate of drug-likeness (QED) is 0.0401. The largest absolute Gasteiger partial charge is 0.790 e. The molecule has 0 heterocycles. The van der Waals surface area contributed by atoms with E-state index in [0.717, 1.165) is 57.8 Å². The smallest absolute Gasteiger partial charge is 0.306 e. The molecular weight excluding hydrogens is 1040 g/mol. The SMILES string of the molecule is CCCCCCCCCCCCCCCCCCCC(=O)OC(COC(=O)CCCCCCCCCCCCCCCCC)COP(=O)([O-])OC1C(O)C(OP(=O)([O-])[O-])C(OP(=O)([O-])[O-])C(OP(=O)([O-])[O-])C1O. The first kappa shape index (κ1) is 70.3. The van der Waals surface area contributed by atoms with Crippen molar-refractivity contribution in [2.45, 2.75) is 275 Å². The Morgan fingerprint density at radius 1 is 0.397 bits per heavy atom. The van der Waals surface area contributed by atoms with Gasteiger partial charge in [-0.2, -0.15) is 0 Å². The van der Waals surface area contributed by atoms with Crippen molar-refractivity contribution in [3.05, 3.63) is 0 Å². The summed E-state index contributed by atoms with van der Waals surface area (Å²) in [6.07, 6.45) is 16.4. The molecule has 73 heavy (non-hydrogen) atoms. The van der Waals surface area contributed by atoms with Crippen LogP contribution in [0.25, 0.3) is 0 Å². The lowest BCUT2D eigenvalue weighted by Gasteiger charge is -2.52. The van der Waals surface area contributed by atoms with Crippen LogP contribution in [-0.2, 0) is 59.9 Å². The van der Waals surface area contributed by atoms with Crippen molar-refractivity contribution in [1.29, 1.82) is 0 Å². The summed E-state index contributed by atoms with van der Waals surface area (Å²) in [5.41, 5.74) is 0. The summed E-state index contributed by atoms with van der Waals surface area (Å²) in [6.45, 7) is 2.61. The summed E-state index contributed by atoms with van der Waals surface area (Å²) in [5, 5.41) is 21.6. The molecule has 6 atom stereocenters. The van der Waals surface area contributed by atoms with Gasteiger partial charge in [-0.1, -0.05) is 206 Å². The highest BCUT2D eigenvalue weighted by Crippen LogP contribution is 2.49. The Morgan fingerprint density at radius 2 is 0.685 bits per heavy atom. The van der Waals surface area contributed by atoms with Gasteiger partial charge in [0.05, 0.1) is 30.1 Å². The van der Waals surface area contributed by atoms with Crippen LogP contribution in [0.1, 0.15) is 232 Å². The summed E-state index contributed by atoms with van der Waals surface area (Å²) in [6, 6.07) is 0. The normalized spacial score (nSPS) is 21.0. The Kier molecular flexibility index (Phi) is 39.0. The van der Waals surface area contributed by atoms with E-state index in [0.29, 0.717) is 19.3 Å². The van der Waals surface area contributed by atoms with Crippen LogP contribution in [0.3, 0.4) is 0 Å². The molecule has 0 spiro atoms. The van der Waals surface area contributed by atoms with Crippen LogP contribution < -0.4 is 34.3 Å². The van der Waals surface area contributed by atoms with Crippen LogP contribution in [0.2, 0.25) is 0 Å². The summed E-state index contributed by atoms with van der Waals surface area (Å²) in [7, 11) is -25.1. The average Bonchev–Trinajstić information content (AvgIpc) is 3.30. The molecule has 0 aromatic carbocycles. The van der Waals surface area contributed by atoms with Gasteiger partial charge in [-0.3, -0.25) is 14.2 Å². The standard InChI is InChI=1S/C47H94O22P4/c1-3-5-7-9-11-13-15-17-19-20-22-24-26-28-30-32-34-36-41(49)65-39(37-63-40(48)35-33-31-29-27-25-23-21-18-16-14-12-10-8-6-4-2)38-64-73(61,62)69-44-42(50)45(66-70(52,53)54)47(68-72(58,59)60)46(43(44)51)67-71(55,56)57/h39,42-47,50-51H,3-38H2,1-2H3,(H,61,62)(H2,52,53,54)(H2,55,56,57)(H2,58,59,60)/p-7. The minimum absolute atomic E-state index is 0.00425. The van der Waals surface area contributed by atoms with Gasteiger partial charge in [-0.15, -0.1) is 0 Å². The van der Waals surface area contributed by atoms with Gasteiger partial charge in [0.2, 0.25) is 0 Å². The van der Waals surface area contributed by atoms with E-state index in [1.54, 1.807) is 0 Å². The first-order chi connectivity index (χ1) is 34.5. The minimum Gasteiger partial charge on any atom is -0.790 e. The number of aliphatic hydroxyl groups excluding tert-OH is 2. The molecule has 1 rings (SSSR count). The van der Waals surface area contributed by atoms with E-state index in [1.165, 1.54) is 128 Å². The zero-order chi connectivity index (χ0) is 54.6. The monoisotopic (exact) mass is 1130 g/mol. The highest BCUT2D eigenvalue weighted by molar-refractivity contribution is 7.46. The number of phosphoric ester groups is 4. The predicted octanol–water partition coefficient (Wildman–Crippen LogP) is 5.99. The molecule has 0 bridgehead atoms. The van der Waals surface area contributed by atoms with E-state index in [1.807, 2.05) is 0 Å². The molecular formula is C47H87O22P4-7. The molecule has 2 N–H and O–H groups in total. The van der Waals surface area contributed by atoms with Crippen molar-refractivity contribution in [1.82, 2.24) is 0 Å². The first-order valence-electron chi connectivity index (χ1n) is 26.9. The molecule has 1 aliphatic carbocycles. The van der Waals surface area contributed by atoms with Gasteiger partial charge in [0.1, 0.15) is 43.2 Å². The molecule has 1 aliphatic rings. The number of rotatable bonds is 48. The van der Waals surface area contributed by atoms with Crippen molar-refractivity contribution in [2.75, 3.05) is 13.2 Å². The van der Waals surface area contributed by atoms with E-state index in [2.05, 4.69) is 31.9 Å². The van der Waals surface area contributed by atoms with Gasteiger partial charge in [0.15, 0.2) is 6.10 Å². The molecule has 434 valence electrons. The number of phosphoric acid groups is 4. The molecule has 0 radical (unpaired) electrons. The Hall–Kier alpha value is -0.700. The third kappa shape index (κ3) is 38.5.